The summed E-state index contributed by atoms with van der Waals surface area (Å²) < 4.78 is 5.41. The SMILES string of the molecule is CCNC(CSCCCO)c1ccccc1OC. The summed E-state index contributed by atoms with van der Waals surface area (Å²) in [4.78, 5) is 0. The number of aliphatic hydroxyl groups excluding tert-OH is 1. The van der Waals surface area contributed by atoms with Crippen molar-refractivity contribution in [3.05, 3.63) is 29.8 Å². The second-order valence-electron chi connectivity index (χ2n) is 4.00. The molecular weight excluding hydrogens is 246 g/mol. The highest BCUT2D eigenvalue weighted by Crippen LogP contribution is 2.27. The highest BCUT2D eigenvalue weighted by Gasteiger charge is 2.14. The van der Waals surface area contributed by atoms with Gasteiger partial charge in [0.25, 0.3) is 0 Å². The standard InChI is InChI=1S/C14H23NO2S/c1-3-15-13(11-18-10-6-9-16)12-7-4-5-8-14(12)17-2/h4-5,7-8,13,15-16H,3,6,9-11H2,1-2H3. The second-order valence-corrected chi connectivity index (χ2v) is 5.15. The van der Waals surface area contributed by atoms with Crippen molar-refractivity contribution < 1.29 is 9.84 Å². The van der Waals surface area contributed by atoms with Gasteiger partial charge in [0.15, 0.2) is 0 Å². The van der Waals surface area contributed by atoms with Crippen LogP contribution in [-0.2, 0) is 0 Å². The van der Waals surface area contributed by atoms with Gasteiger partial charge in [0.05, 0.1) is 7.11 Å². The van der Waals surface area contributed by atoms with Crippen LogP contribution < -0.4 is 10.1 Å². The van der Waals surface area contributed by atoms with Crippen LogP contribution >= 0.6 is 11.8 Å². The van der Waals surface area contributed by atoms with Gasteiger partial charge < -0.3 is 15.2 Å². The zero-order valence-electron chi connectivity index (χ0n) is 11.2. The molecule has 1 aromatic rings. The predicted octanol–water partition coefficient (Wildman–Crippen LogP) is 2.46. The van der Waals surface area contributed by atoms with Crippen molar-refractivity contribution >= 4 is 11.8 Å². The zero-order chi connectivity index (χ0) is 13.2. The molecule has 4 heteroatoms. The van der Waals surface area contributed by atoms with Gasteiger partial charge in [-0.1, -0.05) is 25.1 Å². The summed E-state index contributed by atoms with van der Waals surface area (Å²) in [5, 5.41) is 12.3. The van der Waals surface area contributed by atoms with Gasteiger partial charge in [-0.3, -0.25) is 0 Å². The highest BCUT2D eigenvalue weighted by atomic mass is 32.2. The van der Waals surface area contributed by atoms with Crippen molar-refractivity contribution in [2.45, 2.75) is 19.4 Å². The Morgan fingerprint density at radius 1 is 1.39 bits per heavy atom. The van der Waals surface area contributed by atoms with E-state index in [1.807, 2.05) is 30.0 Å². The summed E-state index contributed by atoms with van der Waals surface area (Å²) in [6.07, 6.45) is 0.857. The highest BCUT2D eigenvalue weighted by molar-refractivity contribution is 7.99. The van der Waals surface area contributed by atoms with Crippen LogP contribution in [0.5, 0.6) is 5.75 Å². The molecule has 102 valence electrons. The van der Waals surface area contributed by atoms with Crippen molar-refractivity contribution in [3.8, 4) is 5.75 Å². The number of hydrogen-bond donors (Lipinski definition) is 2. The molecule has 0 aliphatic rings. The van der Waals surface area contributed by atoms with E-state index >= 15 is 0 Å². The molecule has 0 aliphatic heterocycles. The fraction of sp³-hybridized carbons (Fsp3) is 0.571. The molecule has 0 saturated heterocycles. The lowest BCUT2D eigenvalue weighted by atomic mass is 10.1. The lowest BCUT2D eigenvalue weighted by molar-refractivity contribution is 0.296. The average molecular weight is 269 g/mol. The van der Waals surface area contributed by atoms with Gasteiger partial charge in [0.1, 0.15) is 5.75 Å². The molecule has 2 N–H and O–H groups in total. The molecule has 18 heavy (non-hydrogen) atoms. The van der Waals surface area contributed by atoms with Crippen LogP contribution in [0.2, 0.25) is 0 Å². The van der Waals surface area contributed by atoms with Gasteiger partial charge in [-0.15, -0.1) is 0 Å². The Morgan fingerprint density at radius 2 is 2.17 bits per heavy atom. The van der Waals surface area contributed by atoms with Gasteiger partial charge in [-0.2, -0.15) is 11.8 Å². The molecule has 1 rings (SSSR count). The molecule has 3 nitrogen and oxygen atoms in total. The molecule has 0 amide bonds. The van der Waals surface area contributed by atoms with Crippen molar-refractivity contribution in [2.24, 2.45) is 0 Å². The van der Waals surface area contributed by atoms with Gasteiger partial charge in [0, 0.05) is 24.0 Å². The minimum absolute atomic E-state index is 0.271. The van der Waals surface area contributed by atoms with E-state index in [4.69, 9.17) is 9.84 Å². The first-order chi connectivity index (χ1) is 8.83. The van der Waals surface area contributed by atoms with Gasteiger partial charge in [-0.05, 0) is 24.8 Å². The minimum atomic E-state index is 0.271. The van der Waals surface area contributed by atoms with Gasteiger partial charge in [-0.25, -0.2) is 0 Å². The summed E-state index contributed by atoms with van der Waals surface area (Å²) in [7, 11) is 1.71. The van der Waals surface area contributed by atoms with Crippen molar-refractivity contribution in [1.82, 2.24) is 5.32 Å². The van der Waals surface area contributed by atoms with Crippen LogP contribution in [-0.4, -0.2) is 36.9 Å². The summed E-state index contributed by atoms with van der Waals surface area (Å²) in [5.74, 6) is 2.92. The zero-order valence-corrected chi connectivity index (χ0v) is 12.0. The fourth-order valence-corrected chi connectivity index (χ4v) is 2.86. The van der Waals surface area contributed by atoms with Crippen molar-refractivity contribution in [1.29, 1.82) is 0 Å². The Hall–Kier alpha value is -0.710. The summed E-state index contributed by atoms with van der Waals surface area (Å²) in [6.45, 7) is 3.32. The third-order valence-corrected chi connectivity index (χ3v) is 3.84. The minimum Gasteiger partial charge on any atom is -0.496 e. The molecule has 1 unspecified atom stereocenters. The van der Waals surface area contributed by atoms with E-state index in [1.54, 1.807) is 7.11 Å². The molecule has 0 spiro atoms. The van der Waals surface area contributed by atoms with Gasteiger partial charge >= 0.3 is 0 Å². The molecule has 0 bridgehead atoms. The monoisotopic (exact) mass is 269 g/mol. The van der Waals surface area contributed by atoms with Crippen molar-refractivity contribution in [3.63, 3.8) is 0 Å². The average Bonchev–Trinajstić information content (AvgIpc) is 2.42. The first-order valence-corrected chi connectivity index (χ1v) is 7.53. The third-order valence-electron chi connectivity index (χ3n) is 2.70. The summed E-state index contributed by atoms with van der Waals surface area (Å²) >= 11 is 1.86. The van der Waals surface area contributed by atoms with Crippen LogP contribution in [0.25, 0.3) is 0 Å². The Balaban J connectivity index is 2.64. The number of aliphatic hydroxyl groups is 1. The van der Waals surface area contributed by atoms with E-state index < -0.39 is 0 Å². The van der Waals surface area contributed by atoms with Crippen LogP contribution in [0.4, 0.5) is 0 Å². The molecule has 0 aliphatic carbocycles. The number of benzene rings is 1. The summed E-state index contributed by atoms with van der Waals surface area (Å²) in [5.41, 5.74) is 1.21. The van der Waals surface area contributed by atoms with E-state index in [1.165, 1.54) is 5.56 Å². The molecule has 0 heterocycles. The predicted molar refractivity (Wildman–Crippen MR) is 78.4 cm³/mol. The second kappa shape index (κ2) is 9.25. The Bertz CT molecular complexity index is 333. The van der Waals surface area contributed by atoms with E-state index in [2.05, 4.69) is 18.3 Å². The number of thioether (sulfide) groups is 1. The quantitative estimate of drug-likeness (QED) is 0.676. The van der Waals surface area contributed by atoms with E-state index in [-0.39, 0.29) is 6.61 Å². The molecule has 0 saturated carbocycles. The van der Waals surface area contributed by atoms with Crippen molar-refractivity contribution in [2.75, 3.05) is 31.8 Å². The molecule has 1 atom stereocenters. The van der Waals surface area contributed by atoms with Crippen LogP contribution in [0.15, 0.2) is 24.3 Å². The lowest BCUT2D eigenvalue weighted by Gasteiger charge is -2.20. The molecule has 1 aromatic carbocycles. The largest absolute Gasteiger partial charge is 0.496 e. The maximum atomic E-state index is 8.79. The fourth-order valence-electron chi connectivity index (χ4n) is 1.83. The smallest absolute Gasteiger partial charge is 0.123 e. The third kappa shape index (κ3) is 4.88. The number of nitrogens with one attached hydrogen (secondary N) is 1. The molecular formula is C14H23NO2S. The maximum absolute atomic E-state index is 8.79. The summed E-state index contributed by atoms with van der Waals surface area (Å²) in [6, 6.07) is 8.44. The van der Waals surface area contributed by atoms with E-state index in [0.29, 0.717) is 6.04 Å². The van der Waals surface area contributed by atoms with Crippen LogP contribution in [0.1, 0.15) is 24.9 Å². The van der Waals surface area contributed by atoms with Crippen LogP contribution in [0.3, 0.4) is 0 Å². The number of rotatable bonds is 9. The van der Waals surface area contributed by atoms with E-state index in [0.717, 1.165) is 30.2 Å². The maximum Gasteiger partial charge on any atom is 0.123 e. The first kappa shape index (κ1) is 15.3. The Kier molecular flexibility index (Phi) is 7.89. The molecule has 0 aromatic heterocycles. The number of ether oxygens (including phenoxy) is 1. The lowest BCUT2D eigenvalue weighted by Crippen LogP contribution is -2.23. The molecule has 0 radical (unpaired) electrons. The Morgan fingerprint density at radius 3 is 2.83 bits per heavy atom. The first-order valence-electron chi connectivity index (χ1n) is 6.38. The Labute approximate surface area is 114 Å². The number of para-hydroxylation sites is 1. The topological polar surface area (TPSA) is 41.5 Å². The van der Waals surface area contributed by atoms with E-state index in [9.17, 15) is 0 Å². The van der Waals surface area contributed by atoms with Crippen LogP contribution in [0, 0.1) is 0 Å². The normalized spacial score (nSPS) is 12.4. The number of hydrogen-bond acceptors (Lipinski definition) is 4. The van der Waals surface area contributed by atoms with Gasteiger partial charge in [0.2, 0.25) is 0 Å². The molecule has 0 fully saturated rings. The number of methoxy groups -OCH3 is 1.